The molecule has 1 amide bonds. The highest BCUT2D eigenvalue weighted by atomic mass is 79.9. The zero-order valence-electron chi connectivity index (χ0n) is 10.6. The number of amides is 1. The van der Waals surface area contributed by atoms with Gasteiger partial charge in [0.1, 0.15) is 5.75 Å². The van der Waals surface area contributed by atoms with Gasteiger partial charge in [-0.3, -0.25) is 4.79 Å². The van der Waals surface area contributed by atoms with Crippen molar-refractivity contribution in [3.05, 3.63) is 23.3 Å². The number of nitrogens with one attached hydrogen (secondary N) is 1. The maximum Gasteiger partial charge on any atom is 0.221 e. The third-order valence-corrected chi connectivity index (χ3v) is 3.12. The Morgan fingerprint density at radius 2 is 2.12 bits per heavy atom. The van der Waals surface area contributed by atoms with Crippen LogP contribution in [0.15, 0.2) is 12.1 Å². The average Bonchev–Trinajstić information content (AvgIpc) is 2.26. The first-order valence-electron chi connectivity index (χ1n) is 5.54. The van der Waals surface area contributed by atoms with Crippen LogP contribution >= 0.6 is 15.9 Å². The number of ether oxygens (including phenoxy) is 1. The zero-order valence-corrected chi connectivity index (χ0v) is 12.2. The number of carbonyl (C=O) groups excluding carboxylic acids is 1. The van der Waals surface area contributed by atoms with Gasteiger partial charge in [-0.25, -0.2) is 0 Å². The van der Waals surface area contributed by atoms with Gasteiger partial charge in [0.25, 0.3) is 0 Å². The number of benzene rings is 1. The van der Waals surface area contributed by atoms with Gasteiger partial charge in [-0.05, 0) is 23.6 Å². The molecule has 17 heavy (non-hydrogen) atoms. The second kappa shape index (κ2) is 6.05. The lowest BCUT2D eigenvalue weighted by molar-refractivity contribution is -0.114. The summed E-state index contributed by atoms with van der Waals surface area (Å²) in [5, 5.41) is 3.57. The van der Waals surface area contributed by atoms with E-state index in [0.29, 0.717) is 11.2 Å². The van der Waals surface area contributed by atoms with E-state index >= 15 is 0 Å². The predicted molar refractivity (Wildman–Crippen MR) is 74.0 cm³/mol. The van der Waals surface area contributed by atoms with E-state index in [1.54, 1.807) is 7.11 Å². The van der Waals surface area contributed by atoms with Crippen molar-refractivity contribution in [2.45, 2.75) is 32.0 Å². The summed E-state index contributed by atoms with van der Waals surface area (Å²) < 4.78 is 5.34. The minimum absolute atomic E-state index is 0.0578. The van der Waals surface area contributed by atoms with Crippen molar-refractivity contribution in [3.63, 3.8) is 0 Å². The third-order valence-electron chi connectivity index (χ3n) is 2.56. The lowest BCUT2D eigenvalue weighted by Gasteiger charge is -2.19. The number of alkyl halides is 1. The van der Waals surface area contributed by atoms with Gasteiger partial charge in [-0.15, -0.1) is 0 Å². The molecule has 0 spiro atoms. The molecule has 0 heterocycles. The molecule has 0 radical (unpaired) electrons. The first-order chi connectivity index (χ1) is 8.01. The number of methoxy groups -OCH3 is 1. The molecule has 1 N–H and O–H groups in total. The summed E-state index contributed by atoms with van der Waals surface area (Å²) in [6.45, 7) is 5.72. The molecule has 0 unspecified atom stereocenters. The van der Waals surface area contributed by atoms with Crippen LogP contribution in [-0.2, 0) is 10.1 Å². The molecule has 3 nitrogen and oxygen atoms in total. The predicted octanol–water partition coefficient (Wildman–Crippen LogP) is 3.67. The molecule has 4 heteroatoms. The molecule has 0 aliphatic rings. The highest BCUT2D eigenvalue weighted by molar-refractivity contribution is 9.08. The molecule has 0 saturated heterocycles. The van der Waals surface area contributed by atoms with E-state index < -0.39 is 0 Å². The molecular weight excluding hydrogens is 282 g/mol. The Hall–Kier alpha value is -1.03. The lowest BCUT2D eigenvalue weighted by atomic mass is 9.95. The summed E-state index contributed by atoms with van der Waals surface area (Å²) >= 11 is 3.48. The smallest absolute Gasteiger partial charge is 0.221 e. The number of rotatable bonds is 4. The average molecular weight is 300 g/mol. The first-order valence-corrected chi connectivity index (χ1v) is 6.66. The van der Waals surface area contributed by atoms with E-state index in [9.17, 15) is 4.79 Å². The Balaban J connectivity index is 3.36. The first kappa shape index (κ1) is 14.0. The number of hydrogen-bond acceptors (Lipinski definition) is 2. The Bertz CT molecular complexity index is 416. The van der Waals surface area contributed by atoms with Crippen LogP contribution in [0.2, 0.25) is 0 Å². The van der Waals surface area contributed by atoms with E-state index in [-0.39, 0.29) is 5.91 Å². The fraction of sp³-hybridized carbons (Fsp3) is 0.462. The highest BCUT2D eigenvalue weighted by Crippen LogP contribution is 2.35. The quantitative estimate of drug-likeness (QED) is 0.862. The zero-order chi connectivity index (χ0) is 13.0. The highest BCUT2D eigenvalue weighted by Gasteiger charge is 2.16. The van der Waals surface area contributed by atoms with Crippen LogP contribution in [0.1, 0.15) is 37.8 Å². The molecule has 0 aromatic heterocycles. The molecule has 94 valence electrons. The van der Waals surface area contributed by atoms with Crippen LogP contribution < -0.4 is 10.1 Å². The fourth-order valence-corrected chi connectivity index (χ4v) is 2.51. The SMILES string of the molecule is COc1ccc(NC(C)=O)c(C(C)C)c1CBr. The largest absolute Gasteiger partial charge is 0.496 e. The van der Waals surface area contributed by atoms with Gasteiger partial charge in [0.05, 0.1) is 7.11 Å². The van der Waals surface area contributed by atoms with Gasteiger partial charge >= 0.3 is 0 Å². The number of anilines is 1. The van der Waals surface area contributed by atoms with E-state index in [2.05, 4.69) is 35.1 Å². The number of halogens is 1. The Morgan fingerprint density at radius 3 is 2.53 bits per heavy atom. The summed E-state index contributed by atoms with van der Waals surface area (Å²) in [5.74, 6) is 1.11. The van der Waals surface area contributed by atoms with E-state index in [1.165, 1.54) is 6.92 Å². The monoisotopic (exact) mass is 299 g/mol. The van der Waals surface area contributed by atoms with Crippen LogP contribution in [0.3, 0.4) is 0 Å². The van der Waals surface area contributed by atoms with Gasteiger partial charge in [0.2, 0.25) is 5.91 Å². The summed E-state index contributed by atoms with van der Waals surface area (Å²) in [5.41, 5.74) is 3.08. The Morgan fingerprint density at radius 1 is 1.47 bits per heavy atom. The van der Waals surface area contributed by atoms with Crippen molar-refractivity contribution in [3.8, 4) is 5.75 Å². The van der Waals surface area contributed by atoms with Gasteiger partial charge in [-0.1, -0.05) is 29.8 Å². The molecule has 0 fully saturated rings. The second-order valence-corrected chi connectivity index (χ2v) is 4.74. The fourth-order valence-electron chi connectivity index (χ4n) is 1.93. The van der Waals surface area contributed by atoms with Crippen molar-refractivity contribution in [2.75, 3.05) is 12.4 Å². The maximum absolute atomic E-state index is 11.2. The topological polar surface area (TPSA) is 38.3 Å². The van der Waals surface area contributed by atoms with Crippen LogP contribution in [0.4, 0.5) is 5.69 Å². The summed E-state index contributed by atoms with van der Waals surface area (Å²) in [4.78, 5) is 11.2. The van der Waals surface area contributed by atoms with E-state index in [1.807, 2.05) is 12.1 Å². The molecule has 1 aromatic rings. The van der Waals surface area contributed by atoms with E-state index in [4.69, 9.17) is 4.74 Å². The van der Waals surface area contributed by atoms with Crippen LogP contribution in [0, 0.1) is 0 Å². The van der Waals surface area contributed by atoms with Crippen LogP contribution in [-0.4, -0.2) is 13.0 Å². The molecule has 0 bridgehead atoms. The maximum atomic E-state index is 11.2. The van der Waals surface area contributed by atoms with Crippen molar-refractivity contribution >= 4 is 27.5 Å². The van der Waals surface area contributed by atoms with Gasteiger partial charge < -0.3 is 10.1 Å². The summed E-state index contributed by atoms with van der Waals surface area (Å²) in [6.07, 6.45) is 0. The molecule has 1 aromatic carbocycles. The second-order valence-electron chi connectivity index (χ2n) is 4.18. The lowest BCUT2D eigenvalue weighted by Crippen LogP contribution is -2.11. The van der Waals surface area contributed by atoms with E-state index in [0.717, 1.165) is 22.6 Å². The Kier molecular flexibility index (Phi) is 5.00. The van der Waals surface area contributed by atoms with Crippen molar-refractivity contribution in [1.29, 1.82) is 0 Å². The Labute approximate surface area is 111 Å². The normalized spacial score (nSPS) is 10.5. The molecule has 0 atom stereocenters. The molecule has 1 rings (SSSR count). The minimum atomic E-state index is -0.0578. The van der Waals surface area contributed by atoms with Crippen molar-refractivity contribution < 1.29 is 9.53 Å². The standard InChI is InChI=1S/C13H18BrNO2/c1-8(2)13-10(7-14)12(17-4)6-5-11(13)15-9(3)16/h5-6,8H,7H2,1-4H3,(H,15,16). The molecule has 0 saturated carbocycles. The molecular formula is C13H18BrNO2. The van der Waals surface area contributed by atoms with Crippen molar-refractivity contribution in [1.82, 2.24) is 0 Å². The van der Waals surface area contributed by atoms with Crippen molar-refractivity contribution in [2.24, 2.45) is 0 Å². The summed E-state index contributed by atoms with van der Waals surface area (Å²) in [7, 11) is 1.66. The summed E-state index contributed by atoms with van der Waals surface area (Å²) in [6, 6.07) is 3.77. The number of hydrogen-bond donors (Lipinski definition) is 1. The molecule has 0 aliphatic carbocycles. The minimum Gasteiger partial charge on any atom is -0.496 e. The van der Waals surface area contributed by atoms with Gasteiger partial charge in [0.15, 0.2) is 0 Å². The van der Waals surface area contributed by atoms with Crippen LogP contribution in [0.5, 0.6) is 5.75 Å². The van der Waals surface area contributed by atoms with Gasteiger partial charge in [0, 0.05) is 23.5 Å². The number of carbonyl (C=O) groups is 1. The van der Waals surface area contributed by atoms with Crippen LogP contribution in [0.25, 0.3) is 0 Å². The molecule has 0 aliphatic heterocycles. The third kappa shape index (κ3) is 3.22. The van der Waals surface area contributed by atoms with Gasteiger partial charge in [-0.2, -0.15) is 0 Å².